The summed E-state index contributed by atoms with van der Waals surface area (Å²) in [5.41, 5.74) is 1.30. The summed E-state index contributed by atoms with van der Waals surface area (Å²) in [6, 6.07) is 13.3. The molecule has 0 radical (unpaired) electrons. The molecular formula is C31H25F2N3O4. The van der Waals surface area contributed by atoms with E-state index in [0.29, 0.717) is 39.2 Å². The van der Waals surface area contributed by atoms with E-state index in [9.17, 15) is 18.4 Å². The van der Waals surface area contributed by atoms with Crippen LogP contribution in [-0.2, 0) is 6.42 Å². The molecule has 0 aliphatic heterocycles. The molecule has 40 heavy (non-hydrogen) atoms. The first kappa shape index (κ1) is 26.7. The van der Waals surface area contributed by atoms with Gasteiger partial charge in [0.05, 0.1) is 30.8 Å². The van der Waals surface area contributed by atoms with E-state index in [1.54, 1.807) is 35.2 Å². The first-order valence-corrected chi connectivity index (χ1v) is 12.5. The Morgan fingerprint density at radius 2 is 1.75 bits per heavy atom. The monoisotopic (exact) mass is 541 g/mol. The van der Waals surface area contributed by atoms with Gasteiger partial charge < -0.3 is 14.0 Å². The smallest absolute Gasteiger partial charge is 0.200 e. The Hall–Kier alpha value is -4.92. The van der Waals surface area contributed by atoms with Crippen LogP contribution in [0.5, 0.6) is 17.2 Å². The van der Waals surface area contributed by atoms with Crippen LogP contribution in [0.2, 0.25) is 0 Å². The van der Waals surface area contributed by atoms with Crippen LogP contribution in [0.25, 0.3) is 22.0 Å². The lowest BCUT2D eigenvalue weighted by Gasteiger charge is -2.15. The third-order valence-corrected chi connectivity index (χ3v) is 6.44. The molecule has 9 heteroatoms. The van der Waals surface area contributed by atoms with Crippen LogP contribution in [0.4, 0.5) is 8.78 Å². The molecule has 2 aromatic carbocycles. The largest absolute Gasteiger partial charge is 0.494 e. The van der Waals surface area contributed by atoms with Gasteiger partial charge in [-0.2, -0.15) is 0 Å². The lowest BCUT2D eigenvalue weighted by atomic mass is 10.0. The van der Waals surface area contributed by atoms with Crippen LogP contribution in [-0.4, -0.2) is 27.4 Å². The number of benzene rings is 2. The fourth-order valence-electron chi connectivity index (χ4n) is 4.26. The topological polar surface area (TPSA) is 83.3 Å². The molecule has 0 unspecified atom stereocenters. The Morgan fingerprint density at radius 3 is 2.42 bits per heavy atom. The Balaban J connectivity index is 1.39. The Labute approximate surface area is 228 Å². The normalized spacial score (nSPS) is 11.2. The van der Waals surface area contributed by atoms with Gasteiger partial charge in [0.1, 0.15) is 17.3 Å². The Bertz CT molecular complexity index is 1770. The highest BCUT2D eigenvalue weighted by molar-refractivity contribution is 5.98. The number of pyridine rings is 3. The van der Waals surface area contributed by atoms with Gasteiger partial charge in [-0.25, -0.2) is 8.78 Å². The molecule has 5 aromatic rings. The molecule has 0 fully saturated rings. The number of hydrogen-bond donors (Lipinski definition) is 0. The van der Waals surface area contributed by atoms with Gasteiger partial charge in [0.2, 0.25) is 0 Å². The van der Waals surface area contributed by atoms with Gasteiger partial charge in [-0.1, -0.05) is 12.1 Å². The summed E-state index contributed by atoms with van der Waals surface area (Å²) in [7, 11) is 1.38. The molecule has 0 amide bonds. The van der Waals surface area contributed by atoms with Crippen LogP contribution in [0, 0.1) is 11.6 Å². The predicted octanol–water partition coefficient (Wildman–Crippen LogP) is 6.54. The second-order valence-electron chi connectivity index (χ2n) is 9.46. The van der Waals surface area contributed by atoms with Crippen molar-refractivity contribution in [2.75, 3.05) is 7.11 Å². The number of Topliss-reactive ketones (excluding diaryl/α,β-unsaturated/α-hetero) is 1. The third-order valence-electron chi connectivity index (χ3n) is 6.44. The van der Waals surface area contributed by atoms with E-state index in [2.05, 4.69) is 9.97 Å². The molecule has 0 N–H and O–H groups in total. The highest BCUT2D eigenvalue weighted by atomic mass is 19.1. The number of ketones is 1. The van der Waals surface area contributed by atoms with Crippen LogP contribution < -0.4 is 14.9 Å². The SMILES string of the molecule is COc1cc2c(Oc3ccc(CC(=O)c4cn(C(C)C)cc(-c5ccc(F)cc5)c4=O)nc3)ccnc2cc1F. The summed E-state index contributed by atoms with van der Waals surface area (Å²) in [6.45, 7) is 3.87. The Morgan fingerprint density at radius 1 is 0.975 bits per heavy atom. The van der Waals surface area contributed by atoms with Crippen LogP contribution >= 0.6 is 0 Å². The lowest BCUT2D eigenvalue weighted by molar-refractivity contribution is 0.0990. The average molecular weight is 542 g/mol. The number of halogens is 2. The van der Waals surface area contributed by atoms with Gasteiger partial charge in [-0.05, 0) is 55.8 Å². The molecule has 0 aliphatic carbocycles. The number of rotatable bonds is 8. The molecule has 3 aromatic heterocycles. The molecule has 202 valence electrons. The predicted molar refractivity (Wildman–Crippen MR) is 147 cm³/mol. The number of nitrogens with zero attached hydrogens (tertiary/aromatic N) is 3. The van der Waals surface area contributed by atoms with Crippen molar-refractivity contribution in [3.05, 3.63) is 112 Å². The molecule has 0 spiro atoms. The summed E-state index contributed by atoms with van der Waals surface area (Å²) in [4.78, 5) is 35.1. The van der Waals surface area contributed by atoms with Crippen molar-refractivity contribution in [1.82, 2.24) is 14.5 Å². The minimum Gasteiger partial charge on any atom is -0.494 e. The van der Waals surface area contributed by atoms with Crippen LogP contribution in [0.3, 0.4) is 0 Å². The highest BCUT2D eigenvalue weighted by Crippen LogP contribution is 2.32. The molecule has 7 nitrogen and oxygen atoms in total. The van der Waals surface area contributed by atoms with E-state index in [-0.39, 0.29) is 23.8 Å². The molecule has 0 saturated carbocycles. The van der Waals surface area contributed by atoms with Gasteiger partial charge in [0, 0.05) is 47.3 Å². The highest BCUT2D eigenvalue weighted by Gasteiger charge is 2.18. The van der Waals surface area contributed by atoms with Crippen molar-refractivity contribution in [2.45, 2.75) is 26.3 Å². The van der Waals surface area contributed by atoms with E-state index in [1.165, 1.54) is 55.9 Å². The second kappa shape index (κ2) is 11.1. The molecule has 0 atom stereocenters. The maximum atomic E-state index is 14.1. The molecule has 0 saturated heterocycles. The van der Waals surface area contributed by atoms with E-state index in [0.717, 1.165) is 0 Å². The quantitative estimate of drug-likeness (QED) is 0.207. The zero-order chi connectivity index (χ0) is 28.4. The molecular weight excluding hydrogens is 516 g/mol. The number of hydrogen-bond acceptors (Lipinski definition) is 6. The zero-order valence-electron chi connectivity index (χ0n) is 22.0. The standard InChI is InChI=1S/C31H25F2N3O4/c1-18(2)36-16-24(19-4-6-20(32)7-5-19)31(38)25(17-36)28(37)12-21-8-9-22(15-35-21)40-29-10-11-34-27-14-26(33)30(39-3)13-23(27)29/h4-11,13-18H,12H2,1-3H3. The van der Waals surface area contributed by atoms with Gasteiger partial charge in [0.25, 0.3) is 0 Å². The summed E-state index contributed by atoms with van der Waals surface area (Å²) < 4.78 is 40.4. The van der Waals surface area contributed by atoms with Crippen molar-refractivity contribution in [3.8, 4) is 28.4 Å². The fourth-order valence-corrected chi connectivity index (χ4v) is 4.26. The Kier molecular flexibility index (Phi) is 7.37. The van der Waals surface area contributed by atoms with E-state index < -0.39 is 22.8 Å². The number of fused-ring (bicyclic) bond motifs is 1. The summed E-state index contributed by atoms with van der Waals surface area (Å²) in [6.07, 6.45) is 6.10. The molecule has 0 aliphatic rings. The average Bonchev–Trinajstić information content (AvgIpc) is 2.94. The van der Waals surface area contributed by atoms with Crippen LogP contribution in [0.15, 0.2) is 84.2 Å². The first-order valence-electron chi connectivity index (χ1n) is 12.5. The van der Waals surface area contributed by atoms with E-state index in [4.69, 9.17) is 9.47 Å². The number of carbonyl (C=O) groups is 1. The van der Waals surface area contributed by atoms with Crippen molar-refractivity contribution in [1.29, 1.82) is 0 Å². The number of aromatic nitrogens is 3. The maximum Gasteiger partial charge on any atom is 0.200 e. The number of carbonyl (C=O) groups excluding carboxylic acids is 1. The number of ether oxygens (including phenoxy) is 2. The van der Waals surface area contributed by atoms with Gasteiger partial charge in [-0.3, -0.25) is 19.6 Å². The first-order chi connectivity index (χ1) is 19.2. The number of methoxy groups -OCH3 is 1. The molecule has 5 rings (SSSR count). The lowest BCUT2D eigenvalue weighted by Crippen LogP contribution is -2.22. The van der Waals surface area contributed by atoms with E-state index >= 15 is 0 Å². The van der Waals surface area contributed by atoms with Crippen LogP contribution in [0.1, 0.15) is 35.9 Å². The molecule has 0 bridgehead atoms. The zero-order valence-corrected chi connectivity index (χ0v) is 22.0. The maximum absolute atomic E-state index is 14.1. The summed E-state index contributed by atoms with van der Waals surface area (Å²) in [5, 5.41) is 0.558. The third kappa shape index (κ3) is 5.44. The van der Waals surface area contributed by atoms with Gasteiger partial charge in [-0.15, -0.1) is 0 Å². The minimum atomic E-state index is -0.529. The second-order valence-corrected chi connectivity index (χ2v) is 9.46. The van der Waals surface area contributed by atoms with Crippen molar-refractivity contribution in [3.63, 3.8) is 0 Å². The molecule has 3 heterocycles. The van der Waals surface area contributed by atoms with Crippen molar-refractivity contribution >= 4 is 16.7 Å². The minimum absolute atomic E-state index is 0.0124. The van der Waals surface area contributed by atoms with Crippen molar-refractivity contribution < 1.29 is 23.0 Å². The van der Waals surface area contributed by atoms with Gasteiger partial charge >= 0.3 is 0 Å². The van der Waals surface area contributed by atoms with Gasteiger partial charge in [0.15, 0.2) is 22.8 Å². The van der Waals surface area contributed by atoms with Crippen molar-refractivity contribution in [2.24, 2.45) is 0 Å². The summed E-state index contributed by atoms with van der Waals surface area (Å²) >= 11 is 0. The van der Waals surface area contributed by atoms with E-state index in [1.807, 2.05) is 13.8 Å². The summed E-state index contributed by atoms with van der Waals surface area (Å²) in [5.74, 6) is -0.438. The fraction of sp³-hybridized carbons (Fsp3) is 0.161.